The van der Waals surface area contributed by atoms with Crippen LogP contribution in [0.4, 0.5) is 5.69 Å². The van der Waals surface area contributed by atoms with Crippen LogP contribution in [0.15, 0.2) is 18.2 Å². The summed E-state index contributed by atoms with van der Waals surface area (Å²) < 4.78 is 10.7. The third kappa shape index (κ3) is 4.48. The Kier molecular flexibility index (Phi) is 5.84. The van der Waals surface area contributed by atoms with Crippen molar-refractivity contribution in [1.82, 2.24) is 5.32 Å². The lowest BCUT2D eigenvalue weighted by Gasteiger charge is -2.16. The number of rotatable bonds is 7. The summed E-state index contributed by atoms with van der Waals surface area (Å²) in [5, 5.41) is 24.3. The van der Waals surface area contributed by atoms with Crippen LogP contribution >= 0.6 is 0 Å². The van der Waals surface area contributed by atoms with Gasteiger partial charge in [0.2, 0.25) is 0 Å². The zero-order chi connectivity index (χ0) is 16.1. The molecule has 122 valence electrons. The highest BCUT2D eigenvalue weighted by Gasteiger charge is 2.27. The normalized spacial score (nSPS) is 17.1. The fraction of sp³-hybridized carbons (Fsp3) is 0.600. The minimum Gasteiger partial charge on any atom is -0.391 e. The molecule has 7 heteroatoms. The molecule has 0 amide bonds. The van der Waals surface area contributed by atoms with Crippen molar-refractivity contribution in [2.24, 2.45) is 0 Å². The minimum absolute atomic E-state index is 0.0227. The zero-order valence-electron chi connectivity index (χ0n) is 12.8. The molecule has 1 saturated heterocycles. The molecule has 1 unspecified atom stereocenters. The van der Waals surface area contributed by atoms with E-state index in [0.29, 0.717) is 37.8 Å². The van der Waals surface area contributed by atoms with E-state index in [0.717, 1.165) is 5.56 Å². The van der Waals surface area contributed by atoms with Gasteiger partial charge < -0.3 is 19.9 Å². The molecule has 22 heavy (non-hydrogen) atoms. The van der Waals surface area contributed by atoms with Crippen LogP contribution < -0.4 is 5.32 Å². The molecule has 1 aromatic rings. The predicted octanol–water partition coefficient (Wildman–Crippen LogP) is 1.54. The summed E-state index contributed by atoms with van der Waals surface area (Å²) in [7, 11) is 0. The standard InChI is InChI=1S/C15H22N2O5/c1-10(2)16-9-12(18)7-11-3-4-14(17(19)20)13(8-11)15-21-5-6-22-15/h3-4,8,10,12,15-16,18H,5-7,9H2,1-2H3. The van der Waals surface area contributed by atoms with Crippen LogP contribution in [-0.4, -0.2) is 41.9 Å². The average molecular weight is 310 g/mol. The molecule has 2 N–H and O–H groups in total. The molecule has 0 aromatic heterocycles. The molecular weight excluding hydrogens is 288 g/mol. The van der Waals surface area contributed by atoms with E-state index < -0.39 is 17.3 Å². The summed E-state index contributed by atoms with van der Waals surface area (Å²) in [6, 6.07) is 5.09. The molecule has 1 fully saturated rings. The van der Waals surface area contributed by atoms with Crippen molar-refractivity contribution in [2.75, 3.05) is 19.8 Å². The third-order valence-electron chi connectivity index (χ3n) is 3.40. The maximum atomic E-state index is 11.1. The van der Waals surface area contributed by atoms with Crippen LogP contribution in [0.3, 0.4) is 0 Å². The summed E-state index contributed by atoms with van der Waals surface area (Å²) in [6.45, 7) is 5.33. The molecule has 1 aliphatic rings. The Morgan fingerprint density at radius 3 is 2.68 bits per heavy atom. The van der Waals surface area contributed by atoms with Gasteiger partial charge in [0, 0.05) is 18.7 Å². The Hall–Kier alpha value is -1.54. The quantitative estimate of drug-likeness (QED) is 0.586. The van der Waals surface area contributed by atoms with Gasteiger partial charge in [-0.15, -0.1) is 0 Å². The number of hydrogen-bond acceptors (Lipinski definition) is 6. The van der Waals surface area contributed by atoms with Gasteiger partial charge in [0.15, 0.2) is 6.29 Å². The Morgan fingerprint density at radius 2 is 2.09 bits per heavy atom. The van der Waals surface area contributed by atoms with Gasteiger partial charge in [-0.05, 0) is 18.1 Å². The first-order valence-corrected chi connectivity index (χ1v) is 7.39. The molecule has 0 aliphatic carbocycles. The van der Waals surface area contributed by atoms with Crippen LogP contribution in [0, 0.1) is 10.1 Å². The number of aliphatic hydroxyl groups is 1. The SMILES string of the molecule is CC(C)NCC(O)Cc1ccc([N+](=O)[O-])c(C2OCCO2)c1. The predicted molar refractivity (Wildman–Crippen MR) is 80.6 cm³/mol. The van der Waals surface area contributed by atoms with Gasteiger partial charge in [-0.2, -0.15) is 0 Å². The monoisotopic (exact) mass is 310 g/mol. The first kappa shape index (κ1) is 16.8. The highest BCUT2D eigenvalue weighted by Crippen LogP contribution is 2.32. The third-order valence-corrected chi connectivity index (χ3v) is 3.40. The molecule has 1 heterocycles. The molecule has 0 spiro atoms. The lowest BCUT2D eigenvalue weighted by atomic mass is 10.0. The number of benzene rings is 1. The van der Waals surface area contributed by atoms with E-state index in [9.17, 15) is 15.2 Å². The second-order valence-electron chi connectivity index (χ2n) is 5.64. The zero-order valence-corrected chi connectivity index (χ0v) is 12.8. The van der Waals surface area contributed by atoms with Gasteiger partial charge in [0.1, 0.15) is 0 Å². The fourth-order valence-corrected chi connectivity index (χ4v) is 2.34. The lowest BCUT2D eigenvalue weighted by Crippen LogP contribution is -2.33. The summed E-state index contributed by atoms with van der Waals surface area (Å²) >= 11 is 0. The van der Waals surface area contributed by atoms with Crippen molar-refractivity contribution >= 4 is 5.69 Å². The van der Waals surface area contributed by atoms with Crippen molar-refractivity contribution in [2.45, 2.75) is 38.7 Å². The smallest absolute Gasteiger partial charge is 0.277 e. The maximum Gasteiger partial charge on any atom is 0.277 e. The Bertz CT molecular complexity index is 515. The first-order valence-electron chi connectivity index (χ1n) is 7.39. The minimum atomic E-state index is -0.703. The summed E-state index contributed by atoms with van der Waals surface area (Å²) in [4.78, 5) is 10.7. The van der Waals surface area contributed by atoms with Gasteiger partial charge in [0.25, 0.3) is 5.69 Å². The lowest BCUT2D eigenvalue weighted by molar-refractivity contribution is -0.386. The van der Waals surface area contributed by atoms with Crippen LogP contribution in [0.1, 0.15) is 31.3 Å². The van der Waals surface area contributed by atoms with E-state index in [4.69, 9.17) is 9.47 Å². The van der Waals surface area contributed by atoms with Gasteiger partial charge >= 0.3 is 0 Å². The second-order valence-corrected chi connectivity index (χ2v) is 5.64. The van der Waals surface area contributed by atoms with Crippen molar-refractivity contribution < 1.29 is 19.5 Å². The summed E-state index contributed by atoms with van der Waals surface area (Å²) in [5.41, 5.74) is 1.20. The van der Waals surface area contributed by atoms with Crippen molar-refractivity contribution in [1.29, 1.82) is 0 Å². The van der Waals surface area contributed by atoms with E-state index >= 15 is 0 Å². The van der Waals surface area contributed by atoms with Gasteiger partial charge in [0.05, 0.1) is 29.8 Å². The molecule has 7 nitrogen and oxygen atoms in total. The highest BCUT2D eigenvalue weighted by molar-refractivity contribution is 5.44. The molecule has 1 aromatic carbocycles. The van der Waals surface area contributed by atoms with Crippen LogP contribution in [0.25, 0.3) is 0 Å². The van der Waals surface area contributed by atoms with Gasteiger partial charge in [-0.1, -0.05) is 19.9 Å². The highest BCUT2D eigenvalue weighted by atomic mass is 16.7. The van der Waals surface area contributed by atoms with Crippen LogP contribution in [0.5, 0.6) is 0 Å². The number of ether oxygens (including phenoxy) is 2. The molecular formula is C15H22N2O5. The second kappa shape index (κ2) is 7.64. The first-order chi connectivity index (χ1) is 10.5. The van der Waals surface area contributed by atoms with Gasteiger partial charge in [-0.3, -0.25) is 10.1 Å². The number of hydrogen-bond donors (Lipinski definition) is 2. The van der Waals surface area contributed by atoms with Crippen molar-refractivity contribution in [3.05, 3.63) is 39.4 Å². The topological polar surface area (TPSA) is 93.9 Å². The Labute approximate surface area is 129 Å². The van der Waals surface area contributed by atoms with Crippen molar-refractivity contribution in [3.63, 3.8) is 0 Å². The fourth-order valence-electron chi connectivity index (χ4n) is 2.34. The van der Waals surface area contributed by atoms with Gasteiger partial charge in [-0.25, -0.2) is 0 Å². The maximum absolute atomic E-state index is 11.1. The average Bonchev–Trinajstić information content (AvgIpc) is 2.99. The number of nitrogens with one attached hydrogen (secondary N) is 1. The number of nitro benzene ring substituents is 1. The van der Waals surface area contributed by atoms with Crippen molar-refractivity contribution in [3.8, 4) is 0 Å². The molecule has 1 aliphatic heterocycles. The Balaban J connectivity index is 2.12. The van der Waals surface area contributed by atoms with E-state index in [-0.39, 0.29) is 5.69 Å². The van der Waals surface area contributed by atoms with E-state index in [1.165, 1.54) is 6.07 Å². The van der Waals surface area contributed by atoms with E-state index in [1.54, 1.807) is 12.1 Å². The Morgan fingerprint density at radius 1 is 1.41 bits per heavy atom. The molecule has 0 saturated carbocycles. The van der Waals surface area contributed by atoms with E-state index in [2.05, 4.69) is 5.32 Å². The molecule has 2 rings (SSSR count). The summed E-state index contributed by atoms with van der Waals surface area (Å²) in [6.07, 6.45) is -0.842. The van der Waals surface area contributed by atoms with Crippen LogP contribution in [0.2, 0.25) is 0 Å². The van der Waals surface area contributed by atoms with Crippen LogP contribution in [-0.2, 0) is 15.9 Å². The largest absolute Gasteiger partial charge is 0.391 e. The number of nitro groups is 1. The number of nitrogens with zero attached hydrogens (tertiary/aromatic N) is 1. The summed E-state index contributed by atoms with van der Waals surface area (Å²) in [5.74, 6) is 0. The molecule has 0 bridgehead atoms. The van der Waals surface area contributed by atoms with E-state index in [1.807, 2.05) is 13.8 Å². The molecule has 0 radical (unpaired) electrons. The number of aliphatic hydroxyl groups excluding tert-OH is 1. The molecule has 1 atom stereocenters.